The number of aryl methyl sites for hydroxylation is 1. The van der Waals surface area contributed by atoms with Crippen molar-refractivity contribution in [1.82, 2.24) is 9.97 Å². The summed E-state index contributed by atoms with van der Waals surface area (Å²) in [4.78, 5) is 20.8. The Hall–Kier alpha value is -1.69. The number of anilines is 1. The first-order valence-electron chi connectivity index (χ1n) is 5.94. The van der Waals surface area contributed by atoms with Gasteiger partial charge in [0.05, 0.1) is 6.61 Å². The van der Waals surface area contributed by atoms with E-state index in [0.717, 1.165) is 18.5 Å². The van der Waals surface area contributed by atoms with Gasteiger partial charge in [-0.15, -0.1) is 0 Å². The SMILES string of the molecule is CCCc1cc(N(CCOC)CC(=O)O)ncn1. The van der Waals surface area contributed by atoms with Gasteiger partial charge in [-0.3, -0.25) is 4.79 Å². The highest BCUT2D eigenvalue weighted by atomic mass is 16.5. The van der Waals surface area contributed by atoms with Gasteiger partial charge < -0.3 is 14.7 Å². The summed E-state index contributed by atoms with van der Waals surface area (Å²) in [5, 5.41) is 8.89. The van der Waals surface area contributed by atoms with E-state index in [4.69, 9.17) is 9.84 Å². The summed E-state index contributed by atoms with van der Waals surface area (Å²) in [5.41, 5.74) is 0.926. The maximum Gasteiger partial charge on any atom is 0.323 e. The highest BCUT2D eigenvalue weighted by molar-refractivity contribution is 5.73. The third kappa shape index (κ3) is 4.67. The summed E-state index contributed by atoms with van der Waals surface area (Å²) >= 11 is 0. The smallest absolute Gasteiger partial charge is 0.323 e. The topological polar surface area (TPSA) is 75.5 Å². The van der Waals surface area contributed by atoms with Crippen LogP contribution in [0.5, 0.6) is 0 Å². The third-order valence-electron chi connectivity index (χ3n) is 2.43. The van der Waals surface area contributed by atoms with Crippen LogP contribution >= 0.6 is 0 Å². The van der Waals surface area contributed by atoms with Crippen LogP contribution < -0.4 is 4.90 Å². The predicted molar refractivity (Wildman–Crippen MR) is 67.8 cm³/mol. The van der Waals surface area contributed by atoms with E-state index in [-0.39, 0.29) is 6.54 Å². The molecule has 0 atom stereocenters. The Morgan fingerprint density at radius 1 is 1.50 bits per heavy atom. The zero-order valence-corrected chi connectivity index (χ0v) is 10.8. The molecule has 0 saturated heterocycles. The molecular formula is C12H19N3O3. The minimum atomic E-state index is -0.887. The average molecular weight is 253 g/mol. The molecule has 0 aliphatic rings. The van der Waals surface area contributed by atoms with E-state index >= 15 is 0 Å². The van der Waals surface area contributed by atoms with Crippen LogP contribution in [0.1, 0.15) is 19.0 Å². The number of hydrogen-bond donors (Lipinski definition) is 1. The van der Waals surface area contributed by atoms with Crippen molar-refractivity contribution in [1.29, 1.82) is 0 Å². The Bertz CT molecular complexity index is 385. The highest BCUT2D eigenvalue weighted by Gasteiger charge is 2.12. The first-order chi connectivity index (χ1) is 8.67. The second-order valence-electron chi connectivity index (χ2n) is 3.93. The van der Waals surface area contributed by atoms with Crippen molar-refractivity contribution in [3.05, 3.63) is 18.1 Å². The zero-order chi connectivity index (χ0) is 13.4. The molecule has 1 rings (SSSR count). The number of hydrogen-bond acceptors (Lipinski definition) is 5. The molecule has 1 heterocycles. The fourth-order valence-corrected chi connectivity index (χ4v) is 1.59. The van der Waals surface area contributed by atoms with E-state index in [2.05, 4.69) is 16.9 Å². The lowest BCUT2D eigenvalue weighted by atomic mass is 10.2. The largest absolute Gasteiger partial charge is 0.480 e. The Labute approximate surface area is 107 Å². The predicted octanol–water partition coefficient (Wildman–Crippen LogP) is 0.966. The summed E-state index contributed by atoms with van der Waals surface area (Å²) in [5.74, 6) is -0.255. The van der Waals surface area contributed by atoms with E-state index in [1.165, 1.54) is 6.33 Å². The lowest BCUT2D eigenvalue weighted by Gasteiger charge is -2.21. The molecule has 0 aliphatic heterocycles. The molecule has 6 nitrogen and oxygen atoms in total. The van der Waals surface area contributed by atoms with Crippen molar-refractivity contribution in [3.63, 3.8) is 0 Å². The molecule has 100 valence electrons. The maximum absolute atomic E-state index is 10.8. The highest BCUT2D eigenvalue weighted by Crippen LogP contribution is 2.11. The molecule has 18 heavy (non-hydrogen) atoms. The molecule has 1 aromatic rings. The van der Waals surface area contributed by atoms with Gasteiger partial charge in [-0.2, -0.15) is 0 Å². The summed E-state index contributed by atoms with van der Waals surface area (Å²) in [6, 6.07) is 1.84. The molecule has 0 unspecified atom stereocenters. The molecule has 0 bridgehead atoms. The number of carboxylic acid groups (broad SMARTS) is 1. The zero-order valence-electron chi connectivity index (χ0n) is 10.8. The van der Waals surface area contributed by atoms with Crippen LogP contribution in [0.2, 0.25) is 0 Å². The van der Waals surface area contributed by atoms with Crippen molar-refractivity contribution < 1.29 is 14.6 Å². The summed E-state index contributed by atoms with van der Waals surface area (Å²) in [7, 11) is 1.58. The molecule has 0 amide bonds. The number of carbonyl (C=O) groups is 1. The van der Waals surface area contributed by atoms with Crippen molar-refractivity contribution >= 4 is 11.8 Å². The normalized spacial score (nSPS) is 10.3. The van der Waals surface area contributed by atoms with Crippen LogP contribution in [-0.4, -0.2) is 47.8 Å². The van der Waals surface area contributed by atoms with Crippen LogP contribution in [0, 0.1) is 0 Å². The van der Waals surface area contributed by atoms with Gasteiger partial charge in [0.2, 0.25) is 0 Å². The lowest BCUT2D eigenvalue weighted by molar-refractivity contribution is -0.135. The van der Waals surface area contributed by atoms with Crippen LogP contribution in [0.15, 0.2) is 12.4 Å². The summed E-state index contributed by atoms with van der Waals surface area (Å²) in [6.45, 7) is 2.93. The van der Waals surface area contributed by atoms with Gasteiger partial charge in [-0.05, 0) is 6.42 Å². The summed E-state index contributed by atoms with van der Waals surface area (Å²) in [6.07, 6.45) is 3.33. The number of ether oxygens (including phenoxy) is 1. The summed E-state index contributed by atoms with van der Waals surface area (Å²) < 4.78 is 4.98. The Kier molecular flexibility index (Phi) is 6.07. The standard InChI is InChI=1S/C12H19N3O3/c1-3-4-10-7-11(14-9-13-10)15(5-6-18-2)8-12(16)17/h7,9H,3-6,8H2,1-2H3,(H,16,17). The van der Waals surface area contributed by atoms with E-state index in [0.29, 0.717) is 19.0 Å². The first-order valence-corrected chi connectivity index (χ1v) is 5.94. The van der Waals surface area contributed by atoms with Crippen molar-refractivity contribution in [2.45, 2.75) is 19.8 Å². The molecule has 0 spiro atoms. The fourth-order valence-electron chi connectivity index (χ4n) is 1.59. The van der Waals surface area contributed by atoms with Crippen LogP contribution in [0.4, 0.5) is 5.82 Å². The first kappa shape index (κ1) is 14.4. The van der Waals surface area contributed by atoms with Gasteiger partial charge in [0.15, 0.2) is 0 Å². The Morgan fingerprint density at radius 3 is 2.89 bits per heavy atom. The Morgan fingerprint density at radius 2 is 2.28 bits per heavy atom. The monoisotopic (exact) mass is 253 g/mol. The number of aliphatic carboxylic acids is 1. The molecule has 0 aromatic carbocycles. The van der Waals surface area contributed by atoms with E-state index in [1.54, 1.807) is 12.0 Å². The lowest BCUT2D eigenvalue weighted by Crippen LogP contribution is -2.33. The quantitative estimate of drug-likeness (QED) is 0.744. The number of methoxy groups -OCH3 is 1. The maximum atomic E-state index is 10.8. The van der Waals surface area contributed by atoms with Crippen LogP contribution in [-0.2, 0) is 16.0 Å². The van der Waals surface area contributed by atoms with Crippen LogP contribution in [0.3, 0.4) is 0 Å². The average Bonchev–Trinajstić information content (AvgIpc) is 2.35. The molecular weight excluding hydrogens is 234 g/mol. The van der Waals surface area contributed by atoms with Crippen molar-refractivity contribution in [3.8, 4) is 0 Å². The van der Waals surface area contributed by atoms with Gasteiger partial charge >= 0.3 is 5.97 Å². The van der Waals surface area contributed by atoms with Crippen molar-refractivity contribution in [2.75, 3.05) is 31.7 Å². The fraction of sp³-hybridized carbons (Fsp3) is 0.583. The van der Waals surface area contributed by atoms with Crippen LogP contribution in [0.25, 0.3) is 0 Å². The van der Waals surface area contributed by atoms with Gasteiger partial charge in [0.25, 0.3) is 0 Å². The minimum absolute atomic E-state index is 0.0913. The molecule has 0 fully saturated rings. The molecule has 0 saturated carbocycles. The Balaban J connectivity index is 2.81. The van der Waals surface area contributed by atoms with E-state index in [1.807, 2.05) is 6.07 Å². The number of nitrogens with zero attached hydrogens (tertiary/aromatic N) is 3. The molecule has 1 N–H and O–H groups in total. The molecule has 0 radical (unpaired) electrons. The third-order valence-corrected chi connectivity index (χ3v) is 2.43. The van der Waals surface area contributed by atoms with Crippen molar-refractivity contribution in [2.24, 2.45) is 0 Å². The molecule has 6 heteroatoms. The second-order valence-corrected chi connectivity index (χ2v) is 3.93. The van der Waals surface area contributed by atoms with Gasteiger partial charge in [-0.25, -0.2) is 9.97 Å². The number of rotatable bonds is 8. The number of carboxylic acids is 1. The number of aromatic nitrogens is 2. The molecule has 0 aliphatic carbocycles. The van der Waals surface area contributed by atoms with E-state index < -0.39 is 5.97 Å². The van der Waals surface area contributed by atoms with Gasteiger partial charge in [0, 0.05) is 25.4 Å². The van der Waals surface area contributed by atoms with E-state index in [9.17, 15) is 4.79 Å². The molecule has 1 aromatic heterocycles. The minimum Gasteiger partial charge on any atom is -0.480 e. The second kappa shape index (κ2) is 7.60. The van der Waals surface area contributed by atoms with Gasteiger partial charge in [0.1, 0.15) is 18.7 Å². The van der Waals surface area contributed by atoms with Gasteiger partial charge in [-0.1, -0.05) is 13.3 Å².